The van der Waals surface area contributed by atoms with E-state index in [1.165, 1.54) is 12.1 Å². The van der Waals surface area contributed by atoms with Gasteiger partial charge in [-0.1, -0.05) is 29.8 Å². The molecule has 0 fully saturated rings. The Kier molecular flexibility index (Phi) is 6.75. The average Bonchev–Trinajstić information content (AvgIpc) is 2.79. The van der Waals surface area contributed by atoms with Crippen LogP contribution in [0.5, 0.6) is 11.5 Å². The monoisotopic (exact) mass is 463 g/mol. The minimum absolute atomic E-state index is 0.0487. The van der Waals surface area contributed by atoms with Gasteiger partial charge in [0, 0.05) is 49.7 Å². The first kappa shape index (κ1) is 22.6. The summed E-state index contributed by atoms with van der Waals surface area (Å²) in [7, 11) is 2.01. The molecule has 0 aliphatic carbocycles. The first-order valence-electron chi connectivity index (χ1n) is 10.4. The molecule has 1 aliphatic rings. The number of nitrogens with zero attached hydrogens (tertiary/aromatic N) is 2. The SMILES string of the molecule is Cc1cc(Oc2ccnc(C3=CN(C)CC=C3)c2)cc(C(=O)NCc2ccc(Cl)c(F)c2)c1. The van der Waals surface area contributed by atoms with E-state index in [0.717, 1.165) is 23.4 Å². The first-order valence-corrected chi connectivity index (χ1v) is 10.8. The Morgan fingerprint density at radius 1 is 1.18 bits per heavy atom. The number of benzene rings is 2. The number of halogens is 2. The molecule has 7 heteroatoms. The van der Waals surface area contributed by atoms with E-state index in [1.54, 1.807) is 30.5 Å². The number of ether oxygens (including phenoxy) is 1. The Balaban J connectivity index is 1.48. The third-order valence-electron chi connectivity index (χ3n) is 5.06. The lowest BCUT2D eigenvalue weighted by atomic mass is 10.1. The maximum Gasteiger partial charge on any atom is 0.251 e. The van der Waals surface area contributed by atoms with Crippen molar-refractivity contribution in [3.05, 3.63) is 106 Å². The zero-order valence-electron chi connectivity index (χ0n) is 18.3. The van der Waals surface area contributed by atoms with Crippen molar-refractivity contribution < 1.29 is 13.9 Å². The van der Waals surface area contributed by atoms with E-state index in [1.807, 2.05) is 38.4 Å². The quantitative estimate of drug-likeness (QED) is 0.506. The van der Waals surface area contributed by atoms with Crippen molar-refractivity contribution in [3.8, 4) is 11.5 Å². The van der Waals surface area contributed by atoms with Crippen LogP contribution in [0.2, 0.25) is 5.02 Å². The van der Waals surface area contributed by atoms with Crippen LogP contribution in [0, 0.1) is 12.7 Å². The van der Waals surface area contributed by atoms with Crippen molar-refractivity contribution in [2.24, 2.45) is 0 Å². The number of carbonyl (C=O) groups excluding carboxylic acids is 1. The van der Waals surface area contributed by atoms with E-state index >= 15 is 0 Å². The molecule has 2 aromatic carbocycles. The number of hydrogen-bond donors (Lipinski definition) is 1. The van der Waals surface area contributed by atoms with Crippen LogP contribution < -0.4 is 10.1 Å². The summed E-state index contributed by atoms with van der Waals surface area (Å²) in [6.07, 6.45) is 7.85. The van der Waals surface area contributed by atoms with Gasteiger partial charge in [0.2, 0.25) is 0 Å². The van der Waals surface area contributed by atoms with Gasteiger partial charge in [0.15, 0.2) is 0 Å². The number of hydrogen-bond acceptors (Lipinski definition) is 4. The fourth-order valence-corrected chi connectivity index (χ4v) is 3.59. The van der Waals surface area contributed by atoms with Crippen LogP contribution >= 0.6 is 11.6 Å². The predicted molar refractivity (Wildman–Crippen MR) is 128 cm³/mol. The topological polar surface area (TPSA) is 54.5 Å². The molecule has 0 saturated heterocycles. The van der Waals surface area contributed by atoms with Gasteiger partial charge >= 0.3 is 0 Å². The number of nitrogens with one attached hydrogen (secondary N) is 1. The molecule has 1 aliphatic heterocycles. The Morgan fingerprint density at radius 3 is 2.82 bits per heavy atom. The average molecular weight is 464 g/mol. The maximum atomic E-state index is 13.6. The molecule has 2 heterocycles. The first-order chi connectivity index (χ1) is 15.9. The van der Waals surface area contributed by atoms with Gasteiger partial charge < -0.3 is 15.0 Å². The second-order valence-electron chi connectivity index (χ2n) is 7.87. The summed E-state index contributed by atoms with van der Waals surface area (Å²) in [5, 5.41) is 2.85. The van der Waals surface area contributed by atoms with Crippen LogP contribution in [0.25, 0.3) is 5.57 Å². The Bertz CT molecular complexity index is 1260. The maximum absolute atomic E-state index is 13.6. The smallest absolute Gasteiger partial charge is 0.251 e. The van der Waals surface area contributed by atoms with Gasteiger partial charge in [0.25, 0.3) is 5.91 Å². The van der Waals surface area contributed by atoms with Gasteiger partial charge in [0.05, 0.1) is 10.7 Å². The predicted octanol–water partition coefficient (Wildman–Crippen LogP) is 5.75. The zero-order valence-corrected chi connectivity index (χ0v) is 19.1. The molecule has 33 heavy (non-hydrogen) atoms. The third kappa shape index (κ3) is 5.79. The lowest BCUT2D eigenvalue weighted by Gasteiger charge is -2.17. The molecular weight excluding hydrogens is 441 g/mol. The molecule has 0 spiro atoms. The van der Waals surface area contributed by atoms with E-state index in [9.17, 15) is 9.18 Å². The lowest BCUT2D eigenvalue weighted by Crippen LogP contribution is -2.23. The van der Waals surface area contributed by atoms with Crippen molar-refractivity contribution in [2.75, 3.05) is 13.6 Å². The highest BCUT2D eigenvalue weighted by Gasteiger charge is 2.11. The summed E-state index contributed by atoms with van der Waals surface area (Å²) in [6, 6.07) is 13.4. The number of pyridine rings is 1. The van der Waals surface area contributed by atoms with E-state index in [4.69, 9.17) is 16.3 Å². The second-order valence-corrected chi connectivity index (χ2v) is 8.28. The second kappa shape index (κ2) is 9.88. The largest absolute Gasteiger partial charge is 0.457 e. The highest BCUT2D eigenvalue weighted by molar-refractivity contribution is 6.30. The summed E-state index contributed by atoms with van der Waals surface area (Å²) in [4.78, 5) is 19.2. The Labute approximate surface area is 197 Å². The minimum Gasteiger partial charge on any atom is -0.457 e. The van der Waals surface area contributed by atoms with E-state index in [2.05, 4.69) is 21.3 Å². The van der Waals surface area contributed by atoms with Crippen LogP contribution in [0.1, 0.15) is 27.2 Å². The van der Waals surface area contributed by atoms with E-state index in [0.29, 0.717) is 22.6 Å². The van der Waals surface area contributed by atoms with Gasteiger partial charge in [-0.15, -0.1) is 0 Å². The lowest BCUT2D eigenvalue weighted by molar-refractivity contribution is 0.0950. The van der Waals surface area contributed by atoms with Crippen molar-refractivity contribution in [1.82, 2.24) is 15.2 Å². The molecule has 1 amide bonds. The molecule has 168 valence electrons. The molecule has 0 unspecified atom stereocenters. The van der Waals surface area contributed by atoms with E-state index in [-0.39, 0.29) is 17.5 Å². The summed E-state index contributed by atoms with van der Waals surface area (Å²) >= 11 is 5.71. The van der Waals surface area contributed by atoms with Gasteiger partial charge in [-0.3, -0.25) is 9.78 Å². The number of aryl methyl sites for hydroxylation is 1. The van der Waals surface area contributed by atoms with Crippen molar-refractivity contribution in [1.29, 1.82) is 0 Å². The molecular formula is C26H23ClFN3O2. The number of allylic oxidation sites excluding steroid dienone is 2. The fourth-order valence-electron chi connectivity index (χ4n) is 3.47. The summed E-state index contributed by atoms with van der Waals surface area (Å²) in [5.41, 5.74) is 3.75. The van der Waals surface area contributed by atoms with Crippen molar-refractivity contribution in [3.63, 3.8) is 0 Å². The van der Waals surface area contributed by atoms with Crippen molar-refractivity contribution >= 4 is 23.1 Å². The minimum atomic E-state index is -0.516. The normalized spacial score (nSPS) is 13.0. The molecule has 1 aromatic heterocycles. The molecule has 5 nitrogen and oxygen atoms in total. The standard InChI is InChI=1S/C26H23ClFN3O2/c1-17-10-20(26(32)30-15-18-5-6-23(27)24(28)12-18)13-22(11-17)33-21-7-8-29-25(14-21)19-4-3-9-31(2)16-19/h3-8,10-14,16H,9,15H2,1-2H3,(H,30,32). The van der Waals surface area contributed by atoms with Gasteiger partial charge in [-0.05, 0) is 54.4 Å². The van der Waals surface area contributed by atoms with Crippen LogP contribution in [0.15, 0.2) is 73.1 Å². The summed E-state index contributed by atoms with van der Waals surface area (Å²) in [5.74, 6) is 0.364. The molecule has 3 aromatic rings. The number of amides is 1. The number of carbonyl (C=O) groups is 1. The highest BCUT2D eigenvalue weighted by Crippen LogP contribution is 2.27. The molecule has 0 radical (unpaired) electrons. The molecule has 0 atom stereocenters. The molecule has 4 rings (SSSR count). The number of aromatic nitrogens is 1. The van der Waals surface area contributed by atoms with Crippen LogP contribution in [0.3, 0.4) is 0 Å². The molecule has 1 N–H and O–H groups in total. The molecule has 0 bridgehead atoms. The van der Waals surface area contributed by atoms with Crippen LogP contribution in [-0.4, -0.2) is 29.4 Å². The summed E-state index contributed by atoms with van der Waals surface area (Å²) < 4.78 is 19.7. The fraction of sp³-hybridized carbons (Fsp3) is 0.154. The Morgan fingerprint density at radius 2 is 2.03 bits per heavy atom. The number of likely N-dealkylation sites (N-methyl/N-ethyl adjacent to an activating group) is 1. The van der Waals surface area contributed by atoms with Gasteiger partial charge in [-0.25, -0.2) is 4.39 Å². The van der Waals surface area contributed by atoms with Crippen LogP contribution in [-0.2, 0) is 6.54 Å². The highest BCUT2D eigenvalue weighted by atomic mass is 35.5. The third-order valence-corrected chi connectivity index (χ3v) is 5.37. The molecule has 0 saturated carbocycles. The van der Waals surface area contributed by atoms with Gasteiger partial charge in [-0.2, -0.15) is 0 Å². The van der Waals surface area contributed by atoms with E-state index < -0.39 is 5.82 Å². The van der Waals surface area contributed by atoms with Gasteiger partial charge in [0.1, 0.15) is 17.3 Å². The van der Waals surface area contributed by atoms with Crippen LogP contribution in [0.4, 0.5) is 4.39 Å². The zero-order chi connectivity index (χ0) is 23.4. The van der Waals surface area contributed by atoms with Crippen molar-refractivity contribution in [2.45, 2.75) is 13.5 Å². The Hall–Kier alpha value is -3.64. The number of rotatable bonds is 6. The summed E-state index contributed by atoms with van der Waals surface area (Å²) in [6.45, 7) is 2.94.